The number of ether oxygens (including phenoxy) is 1. The van der Waals surface area contributed by atoms with Crippen LogP contribution in [0.25, 0.3) is 0 Å². The van der Waals surface area contributed by atoms with Gasteiger partial charge in [0.05, 0.1) is 10.0 Å². The third kappa shape index (κ3) is 3.49. The van der Waals surface area contributed by atoms with Gasteiger partial charge in [0.15, 0.2) is 0 Å². The van der Waals surface area contributed by atoms with Crippen molar-refractivity contribution in [2.24, 2.45) is 0 Å². The predicted octanol–water partition coefficient (Wildman–Crippen LogP) is 4.52. The second-order valence-corrected chi connectivity index (χ2v) is 5.24. The summed E-state index contributed by atoms with van der Waals surface area (Å²) in [6.45, 7) is 0.0399. The highest BCUT2D eigenvalue weighted by Crippen LogP contribution is 2.28. The molecule has 0 atom stereocenters. The van der Waals surface area contributed by atoms with E-state index >= 15 is 0 Å². The van der Waals surface area contributed by atoms with E-state index in [2.05, 4.69) is 15.9 Å². The number of aromatic carboxylic acids is 1. The van der Waals surface area contributed by atoms with Crippen molar-refractivity contribution in [2.75, 3.05) is 0 Å². The van der Waals surface area contributed by atoms with E-state index in [1.165, 1.54) is 30.3 Å². The summed E-state index contributed by atoms with van der Waals surface area (Å²) in [5.41, 5.74) is 0.591. The highest BCUT2D eigenvalue weighted by Gasteiger charge is 2.09. The Morgan fingerprint density at radius 2 is 2.05 bits per heavy atom. The zero-order valence-corrected chi connectivity index (χ0v) is 12.4. The molecule has 0 aliphatic rings. The fourth-order valence-electron chi connectivity index (χ4n) is 1.56. The number of rotatable bonds is 4. The van der Waals surface area contributed by atoms with Gasteiger partial charge >= 0.3 is 5.97 Å². The average Bonchev–Trinajstić information content (AvgIpc) is 2.41. The van der Waals surface area contributed by atoms with E-state index in [1.54, 1.807) is 6.07 Å². The van der Waals surface area contributed by atoms with Crippen molar-refractivity contribution in [3.8, 4) is 5.75 Å². The number of benzene rings is 2. The standard InChI is InChI=1S/C14H9BrClFO3/c15-11-3-1-8(14(18)19)6-13(11)20-7-9-5-10(17)2-4-12(9)16/h1-6H,7H2,(H,18,19). The molecule has 0 heterocycles. The molecule has 1 N–H and O–H groups in total. The van der Waals surface area contributed by atoms with Gasteiger partial charge in [0.25, 0.3) is 0 Å². The molecule has 2 aromatic rings. The van der Waals surface area contributed by atoms with Gasteiger partial charge in [0, 0.05) is 10.6 Å². The van der Waals surface area contributed by atoms with Crippen molar-refractivity contribution in [3.63, 3.8) is 0 Å². The predicted molar refractivity (Wildman–Crippen MR) is 76.8 cm³/mol. The van der Waals surface area contributed by atoms with E-state index in [1.807, 2.05) is 0 Å². The van der Waals surface area contributed by atoms with Gasteiger partial charge in [-0.05, 0) is 52.3 Å². The van der Waals surface area contributed by atoms with Crippen LogP contribution in [-0.4, -0.2) is 11.1 Å². The van der Waals surface area contributed by atoms with Crippen LogP contribution < -0.4 is 4.74 Å². The fraction of sp³-hybridized carbons (Fsp3) is 0.0714. The van der Waals surface area contributed by atoms with Crippen LogP contribution in [0.1, 0.15) is 15.9 Å². The lowest BCUT2D eigenvalue weighted by molar-refractivity contribution is 0.0696. The molecule has 0 unspecified atom stereocenters. The third-order valence-corrected chi connectivity index (χ3v) is 3.59. The summed E-state index contributed by atoms with van der Waals surface area (Å²) >= 11 is 9.19. The number of halogens is 3. The van der Waals surface area contributed by atoms with Crippen molar-refractivity contribution >= 4 is 33.5 Å². The van der Waals surface area contributed by atoms with Crippen LogP contribution >= 0.6 is 27.5 Å². The first-order valence-corrected chi connectivity index (χ1v) is 6.74. The third-order valence-electron chi connectivity index (χ3n) is 2.57. The van der Waals surface area contributed by atoms with Gasteiger partial charge in [-0.3, -0.25) is 0 Å². The Bertz CT molecular complexity index is 661. The van der Waals surface area contributed by atoms with Gasteiger partial charge in [-0.15, -0.1) is 0 Å². The largest absolute Gasteiger partial charge is 0.488 e. The second kappa shape index (κ2) is 6.24. The maximum atomic E-state index is 13.1. The van der Waals surface area contributed by atoms with Crippen molar-refractivity contribution < 1.29 is 19.0 Å². The molecule has 0 radical (unpaired) electrons. The van der Waals surface area contributed by atoms with Gasteiger partial charge in [-0.25, -0.2) is 9.18 Å². The molecule has 0 aromatic heterocycles. The number of carboxylic acid groups (broad SMARTS) is 1. The number of carbonyl (C=O) groups is 1. The van der Waals surface area contributed by atoms with Crippen LogP contribution in [-0.2, 0) is 6.61 Å². The van der Waals surface area contributed by atoms with Crippen LogP contribution in [0.15, 0.2) is 40.9 Å². The Hall–Kier alpha value is -1.59. The van der Waals surface area contributed by atoms with Gasteiger partial charge < -0.3 is 9.84 Å². The summed E-state index contributed by atoms with van der Waals surface area (Å²) in [5, 5.41) is 9.31. The normalized spacial score (nSPS) is 10.3. The minimum absolute atomic E-state index is 0.0399. The Morgan fingerprint density at radius 3 is 2.75 bits per heavy atom. The summed E-state index contributed by atoms with van der Waals surface area (Å²) in [5.74, 6) is -1.11. The zero-order chi connectivity index (χ0) is 14.7. The van der Waals surface area contributed by atoms with Crippen molar-refractivity contribution in [1.29, 1.82) is 0 Å². The van der Waals surface area contributed by atoms with E-state index in [0.717, 1.165) is 0 Å². The molecular formula is C14H9BrClFO3. The number of hydrogen-bond acceptors (Lipinski definition) is 2. The van der Waals surface area contributed by atoms with E-state index in [4.69, 9.17) is 21.4 Å². The van der Waals surface area contributed by atoms with Crippen LogP contribution in [0.2, 0.25) is 5.02 Å². The van der Waals surface area contributed by atoms with Gasteiger partial charge in [-0.2, -0.15) is 0 Å². The minimum Gasteiger partial charge on any atom is -0.488 e. The molecule has 0 fully saturated rings. The zero-order valence-electron chi connectivity index (χ0n) is 10.1. The molecule has 0 spiro atoms. The topological polar surface area (TPSA) is 46.5 Å². The molecule has 6 heteroatoms. The molecule has 0 bridgehead atoms. The summed E-state index contributed by atoms with van der Waals surface area (Å²) in [7, 11) is 0. The van der Waals surface area contributed by atoms with Gasteiger partial charge in [-0.1, -0.05) is 11.6 Å². The Balaban J connectivity index is 2.20. The van der Waals surface area contributed by atoms with Crippen LogP contribution in [0.4, 0.5) is 4.39 Å². The fourth-order valence-corrected chi connectivity index (χ4v) is 2.09. The Labute approximate surface area is 128 Å². The van der Waals surface area contributed by atoms with Crippen LogP contribution in [0.3, 0.4) is 0 Å². The Morgan fingerprint density at radius 1 is 1.30 bits per heavy atom. The lowest BCUT2D eigenvalue weighted by Crippen LogP contribution is -2.01. The summed E-state index contributed by atoms with van der Waals surface area (Å²) in [4.78, 5) is 10.9. The van der Waals surface area contributed by atoms with E-state index in [0.29, 0.717) is 20.8 Å². The SMILES string of the molecule is O=C(O)c1ccc(Br)c(OCc2cc(F)ccc2Cl)c1. The van der Waals surface area contributed by atoms with E-state index in [-0.39, 0.29) is 12.2 Å². The first-order chi connectivity index (χ1) is 9.47. The first-order valence-electron chi connectivity index (χ1n) is 5.57. The lowest BCUT2D eigenvalue weighted by atomic mass is 10.2. The molecule has 0 saturated carbocycles. The highest BCUT2D eigenvalue weighted by atomic mass is 79.9. The van der Waals surface area contributed by atoms with Crippen molar-refractivity contribution in [3.05, 3.63) is 62.8 Å². The maximum absolute atomic E-state index is 13.1. The monoisotopic (exact) mass is 358 g/mol. The van der Waals surface area contributed by atoms with Crippen molar-refractivity contribution in [2.45, 2.75) is 6.61 Å². The molecule has 2 aromatic carbocycles. The number of hydrogen-bond donors (Lipinski definition) is 1. The van der Waals surface area contributed by atoms with Crippen LogP contribution in [0.5, 0.6) is 5.75 Å². The second-order valence-electron chi connectivity index (χ2n) is 3.97. The smallest absolute Gasteiger partial charge is 0.335 e. The quantitative estimate of drug-likeness (QED) is 0.873. The molecular weight excluding hydrogens is 351 g/mol. The molecule has 0 aliphatic carbocycles. The van der Waals surface area contributed by atoms with Crippen molar-refractivity contribution in [1.82, 2.24) is 0 Å². The molecule has 0 saturated heterocycles. The summed E-state index contributed by atoms with van der Waals surface area (Å²) in [6, 6.07) is 8.39. The molecule has 20 heavy (non-hydrogen) atoms. The minimum atomic E-state index is -1.05. The van der Waals surface area contributed by atoms with Crippen LogP contribution in [0, 0.1) is 5.82 Å². The summed E-state index contributed by atoms with van der Waals surface area (Å²) < 4.78 is 19.2. The maximum Gasteiger partial charge on any atom is 0.335 e. The molecule has 104 valence electrons. The summed E-state index contributed by atoms with van der Waals surface area (Å²) in [6.07, 6.45) is 0. The Kier molecular flexibility index (Phi) is 4.62. The lowest BCUT2D eigenvalue weighted by Gasteiger charge is -2.10. The van der Waals surface area contributed by atoms with E-state index in [9.17, 15) is 9.18 Å². The van der Waals surface area contributed by atoms with Gasteiger partial charge in [0.2, 0.25) is 0 Å². The average molecular weight is 360 g/mol. The van der Waals surface area contributed by atoms with Gasteiger partial charge in [0.1, 0.15) is 18.2 Å². The molecule has 0 amide bonds. The first kappa shape index (κ1) is 14.8. The van der Waals surface area contributed by atoms with E-state index < -0.39 is 11.8 Å². The highest BCUT2D eigenvalue weighted by molar-refractivity contribution is 9.10. The number of carboxylic acids is 1. The molecule has 3 nitrogen and oxygen atoms in total. The molecule has 2 rings (SSSR count). The molecule has 0 aliphatic heterocycles.